The normalized spacial score (nSPS) is 13.6. The molecule has 2 heterocycles. The number of nitrogens with one attached hydrogen (secondary N) is 3. The summed E-state index contributed by atoms with van der Waals surface area (Å²) in [7, 11) is 1.48. The lowest BCUT2D eigenvalue weighted by atomic mass is 10.1. The molecule has 1 amide bonds. The second kappa shape index (κ2) is 5.53. The van der Waals surface area contributed by atoms with E-state index in [0.717, 1.165) is 24.2 Å². The van der Waals surface area contributed by atoms with Crippen LogP contribution in [-0.2, 0) is 13.0 Å². The lowest BCUT2D eigenvalue weighted by Crippen LogP contribution is -2.25. The first-order chi connectivity index (χ1) is 10.2. The number of rotatable bonds is 3. The Kier molecular flexibility index (Phi) is 3.57. The van der Waals surface area contributed by atoms with Gasteiger partial charge in [0.25, 0.3) is 5.91 Å². The predicted molar refractivity (Wildman–Crippen MR) is 74.9 cm³/mol. The average Bonchev–Trinajstić information content (AvgIpc) is 2.93. The second-order valence-corrected chi connectivity index (χ2v) is 4.76. The minimum Gasteiger partial charge on any atom is -0.497 e. The van der Waals surface area contributed by atoms with Crippen molar-refractivity contribution in [3.05, 3.63) is 41.0 Å². The molecule has 0 saturated heterocycles. The number of hydrogen-bond donors (Lipinski definition) is 3. The first kappa shape index (κ1) is 13.6. The van der Waals surface area contributed by atoms with Crippen LogP contribution in [0, 0.1) is 5.82 Å². The molecule has 1 aromatic heterocycles. The van der Waals surface area contributed by atoms with E-state index in [1.807, 2.05) is 0 Å². The summed E-state index contributed by atoms with van der Waals surface area (Å²) in [5.74, 6) is -0.493. The van der Waals surface area contributed by atoms with Gasteiger partial charge in [-0.3, -0.25) is 9.89 Å². The van der Waals surface area contributed by atoms with Crippen molar-refractivity contribution in [3.8, 4) is 5.75 Å². The molecule has 0 spiro atoms. The Bertz CT molecular complexity index is 684. The SMILES string of the molecule is COc1ccc(F)c(NC(=O)c2n[nH]c3c2CNCC3)c1. The van der Waals surface area contributed by atoms with E-state index in [2.05, 4.69) is 20.8 Å². The number of benzene rings is 1. The Hall–Kier alpha value is -2.41. The number of hydrogen-bond acceptors (Lipinski definition) is 4. The smallest absolute Gasteiger partial charge is 0.276 e. The van der Waals surface area contributed by atoms with Crippen LogP contribution in [-0.4, -0.2) is 29.8 Å². The van der Waals surface area contributed by atoms with Crippen molar-refractivity contribution < 1.29 is 13.9 Å². The molecule has 6 nitrogen and oxygen atoms in total. The highest BCUT2D eigenvalue weighted by atomic mass is 19.1. The fourth-order valence-corrected chi connectivity index (χ4v) is 2.32. The Morgan fingerprint density at radius 3 is 3.14 bits per heavy atom. The standard InChI is InChI=1S/C14H15FN4O2/c1-21-8-2-3-10(15)12(6-8)17-14(20)13-9-7-16-5-4-11(9)18-19-13/h2-3,6,16H,4-5,7H2,1H3,(H,17,20)(H,18,19). The highest BCUT2D eigenvalue weighted by Gasteiger charge is 2.22. The number of carbonyl (C=O) groups excluding carboxylic acids is 1. The number of anilines is 1. The Balaban J connectivity index is 1.85. The highest BCUT2D eigenvalue weighted by Crippen LogP contribution is 2.22. The molecule has 0 unspecified atom stereocenters. The molecule has 0 saturated carbocycles. The summed E-state index contributed by atoms with van der Waals surface area (Å²) in [5, 5.41) is 12.6. The van der Waals surface area contributed by atoms with Gasteiger partial charge in [-0.05, 0) is 12.1 Å². The van der Waals surface area contributed by atoms with Crippen molar-refractivity contribution in [2.24, 2.45) is 0 Å². The summed E-state index contributed by atoms with van der Waals surface area (Å²) in [6, 6.07) is 4.17. The van der Waals surface area contributed by atoms with E-state index in [-0.39, 0.29) is 5.69 Å². The van der Waals surface area contributed by atoms with E-state index in [9.17, 15) is 9.18 Å². The third kappa shape index (κ3) is 2.59. The monoisotopic (exact) mass is 290 g/mol. The van der Waals surface area contributed by atoms with Crippen molar-refractivity contribution in [2.75, 3.05) is 19.0 Å². The lowest BCUT2D eigenvalue weighted by Gasteiger charge is -2.13. The van der Waals surface area contributed by atoms with Crippen LogP contribution in [0.1, 0.15) is 21.7 Å². The summed E-state index contributed by atoms with van der Waals surface area (Å²) in [6.07, 6.45) is 0.795. The molecule has 2 aromatic rings. The van der Waals surface area contributed by atoms with E-state index < -0.39 is 11.7 Å². The summed E-state index contributed by atoms with van der Waals surface area (Å²) < 4.78 is 18.8. The Morgan fingerprint density at radius 1 is 1.48 bits per heavy atom. The molecule has 3 N–H and O–H groups in total. The molecule has 1 aliphatic rings. The van der Waals surface area contributed by atoms with Gasteiger partial charge in [-0.15, -0.1) is 0 Å². The van der Waals surface area contributed by atoms with E-state index in [0.29, 0.717) is 18.0 Å². The van der Waals surface area contributed by atoms with Gasteiger partial charge in [0.15, 0.2) is 5.69 Å². The van der Waals surface area contributed by atoms with Crippen LogP contribution in [0.4, 0.5) is 10.1 Å². The van der Waals surface area contributed by atoms with Crippen LogP contribution in [0.2, 0.25) is 0 Å². The first-order valence-electron chi connectivity index (χ1n) is 6.60. The molecule has 1 aromatic carbocycles. The van der Waals surface area contributed by atoms with Crippen molar-refractivity contribution in [2.45, 2.75) is 13.0 Å². The van der Waals surface area contributed by atoms with E-state index in [4.69, 9.17) is 4.74 Å². The second-order valence-electron chi connectivity index (χ2n) is 4.76. The summed E-state index contributed by atoms with van der Waals surface area (Å²) in [4.78, 5) is 12.3. The number of aromatic amines is 1. The summed E-state index contributed by atoms with van der Waals surface area (Å²) in [6.45, 7) is 1.43. The van der Waals surface area contributed by atoms with E-state index >= 15 is 0 Å². The minimum atomic E-state index is -0.522. The van der Waals surface area contributed by atoms with Gasteiger partial charge < -0.3 is 15.4 Å². The molecule has 1 aliphatic heterocycles. The zero-order valence-corrected chi connectivity index (χ0v) is 11.5. The molecule has 0 aliphatic carbocycles. The third-order valence-electron chi connectivity index (χ3n) is 3.44. The van der Waals surface area contributed by atoms with Crippen LogP contribution < -0.4 is 15.4 Å². The molecule has 110 valence electrons. The highest BCUT2D eigenvalue weighted by molar-refractivity contribution is 6.04. The van der Waals surface area contributed by atoms with Gasteiger partial charge in [-0.1, -0.05) is 0 Å². The predicted octanol–water partition coefficient (Wildman–Crippen LogP) is 1.46. The van der Waals surface area contributed by atoms with Crippen molar-refractivity contribution in [1.29, 1.82) is 0 Å². The van der Waals surface area contributed by atoms with E-state index in [1.54, 1.807) is 0 Å². The first-order valence-corrected chi connectivity index (χ1v) is 6.60. The van der Waals surface area contributed by atoms with Crippen LogP contribution in [0.15, 0.2) is 18.2 Å². The number of amides is 1. The molecular formula is C14H15FN4O2. The van der Waals surface area contributed by atoms with Crippen LogP contribution in [0.3, 0.4) is 0 Å². The molecular weight excluding hydrogens is 275 g/mol. The number of carbonyl (C=O) groups is 1. The van der Waals surface area contributed by atoms with Gasteiger partial charge in [-0.25, -0.2) is 4.39 Å². The quantitative estimate of drug-likeness (QED) is 0.799. The molecule has 0 fully saturated rings. The lowest BCUT2D eigenvalue weighted by molar-refractivity contribution is 0.102. The summed E-state index contributed by atoms with van der Waals surface area (Å²) in [5.41, 5.74) is 2.14. The fraction of sp³-hybridized carbons (Fsp3) is 0.286. The maximum atomic E-state index is 13.7. The van der Waals surface area contributed by atoms with Gasteiger partial charge in [0, 0.05) is 36.8 Å². The number of halogens is 1. The summed E-state index contributed by atoms with van der Waals surface area (Å²) >= 11 is 0. The van der Waals surface area contributed by atoms with E-state index in [1.165, 1.54) is 25.3 Å². The number of aromatic nitrogens is 2. The minimum absolute atomic E-state index is 0.0693. The fourth-order valence-electron chi connectivity index (χ4n) is 2.32. The number of H-pyrrole nitrogens is 1. The van der Waals surface area contributed by atoms with Crippen LogP contribution in [0.5, 0.6) is 5.75 Å². The Labute approximate surface area is 120 Å². The van der Waals surface area contributed by atoms with Gasteiger partial charge in [0.05, 0.1) is 12.8 Å². The van der Waals surface area contributed by atoms with Crippen LogP contribution in [0.25, 0.3) is 0 Å². The number of fused-ring (bicyclic) bond motifs is 1. The molecule has 7 heteroatoms. The van der Waals surface area contributed by atoms with Gasteiger partial charge in [0.1, 0.15) is 11.6 Å². The zero-order chi connectivity index (χ0) is 14.8. The number of ether oxygens (including phenoxy) is 1. The maximum absolute atomic E-state index is 13.7. The molecule has 3 rings (SSSR count). The van der Waals surface area contributed by atoms with Crippen LogP contribution >= 0.6 is 0 Å². The zero-order valence-electron chi connectivity index (χ0n) is 11.5. The molecule has 21 heavy (non-hydrogen) atoms. The topological polar surface area (TPSA) is 79.0 Å². The van der Waals surface area contributed by atoms with Gasteiger partial charge >= 0.3 is 0 Å². The molecule has 0 radical (unpaired) electrons. The average molecular weight is 290 g/mol. The number of nitrogens with zero attached hydrogens (tertiary/aromatic N) is 1. The number of methoxy groups -OCH3 is 1. The maximum Gasteiger partial charge on any atom is 0.276 e. The Morgan fingerprint density at radius 2 is 2.33 bits per heavy atom. The third-order valence-corrected chi connectivity index (χ3v) is 3.44. The molecule has 0 bridgehead atoms. The largest absolute Gasteiger partial charge is 0.497 e. The molecule has 0 atom stereocenters. The van der Waals surface area contributed by atoms with Gasteiger partial charge in [0.2, 0.25) is 0 Å². The van der Waals surface area contributed by atoms with Crippen molar-refractivity contribution >= 4 is 11.6 Å². The van der Waals surface area contributed by atoms with Gasteiger partial charge in [-0.2, -0.15) is 5.10 Å². The van der Waals surface area contributed by atoms with Crippen molar-refractivity contribution in [3.63, 3.8) is 0 Å². The van der Waals surface area contributed by atoms with Crippen molar-refractivity contribution in [1.82, 2.24) is 15.5 Å².